The lowest BCUT2D eigenvalue weighted by Crippen LogP contribution is -1.90. The predicted molar refractivity (Wildman–Crippen MR) is 381 cm³/mol. The van der Waals surface area contributed by atoms with Gasteiger partial charge in [-0.2, -0.15) is 0 Å². The van der Waals surface area contributed by atoms with Gasteiger partial charge in [0, 0.05) is 10.7 Å². The topological polar surface area (TPSA) is 26.0 Å². The first-order valence-electron chi connectivity index (χ1n) is 27.7. The number of anilines is 1. The summed E-state index contributed by atoms with van der Waals surface area (Å²) in [6, 6.07) is 112. The van der Waals surface area contributed by atoms with Crippen LogP contribution in [0.15, 0.2) is 315 Å². The highest BCUT2D eigenvalue weighted by molar-refractivity contribution is 14.1. The van der Waals surface area contributed by atoms with Crippen molar-refractivity contribution in [3.8, 4) is 66.8 Å². The minimum absolute atomic E-state index is 0.760. The Kier molecular flexibility index (Phi) is 19.9. The van der Waals surface area contributed by atoms with E-state index in [9.17, 15) is 0 Å². The molecule has 0 aromatic heterocycles. The van der Waals surface area contributed by atoms with Crippen molar-refractivity contribution in [3.63, 3.8) is 0 Å². The number of hydrogen-bond acceptors (Lipinski definition) is 1. The Balaban J connectivity index is 0.000000148. The van der Waals surface area contributed by atoms with Crippen molar-refractivity contribution >= 4 is 106 Å². The van der Waals surface area contributed by atoms with Crippen LogP contribution in [0, 0.1) is 0 Å². The van der Waals surface area contributed by atoms with Gasteiger partial charge in [-0.05, 0) is 186 Å². The maximum atomic E-state index is 6.05. The Labute approximate surface area is 521 Å². The Bertz CT molecular complexity index is 4360. The zero-order valence-corrected chi connectivity index (χ0v) is 51.5. The maximum absolute atomic E-state index is 6.05. The molecule has 404 valence electrons. The molecule has 1 nitrogen and oxygen atoms in total. The standard InChI is InChI=1S/C39H28.C22H15Cl.C16H13N.2CH3I/c1-2-9-31(10-3-1)38-26-34-12-4-5-13-35(34)27-39(38)33-23-19-29(20-24-33)25-28-17-21-32(22-18-28)37-16-8-14-30-11-6-7-15-36(30)37;23-20-12-10-17(11-13-20)22-15-19-9-5-4-8-18(19)14-21(22)16-6-2-1-3-7-16;17-14-10-8-13(9-11-14)16-7-3-5-12-4-1-2-6-15(12)16;2*1-2/h1-24,26-27H,25H2;1-15H;1-11H,17H2;2*1H3. The van der Waals surface area contributed by atoms with Gasteiger partial charge in [0.15, 0.2) is 0 Å². The number of rotatable bonds is 8. The van der Waals surface area contributed by atoms with Crippen molar-refractivity contribution in [1.29, 1.82) is 0 Å². The lowest BCUT2D eigenvalue weighted by Gasteiger charge is -2.13. The van der Waals surface area contributed by atoms with E-state index in [1.54, 1.807) is 0 Å². The predicted octanol–water partition coefficient (Wildman–Crippen LogP) is 23.6. The highest BCUT2D eigenvalue weighted by Crippen LogP contribution is 2.38. The zero-order valence-electron chi connectivity index (χ0n) is 46.4. The van der Waals surface area contributed by atoms with E-state index in [1.165, 1.54) is 121 Å². The number of benzene rings is 14. The summed E-state index contributed by atoms with van der Waals surface area (Å²) in [7, 11) is 0. The van der Waals surface area contributed by atoms with Crippen molar-refractivity contribution in [2.75, 3.05) is 15.6 Å². The summed E-state index contributed by atoms with van der Waals surface area (Å²) in [5, 5.41) is 10.9. The van der Waals surface area contributed by atoms with Gasteiger partial charge < -0.3 is 5.73 Å². The van der Waals surface area contributed by atoms with Crippen molar-refractivity contribution in [2.45, 2.75) is 6.42 Å². The third-order valence-corrected chi connectivity index (χ3v) is 15.1. The lowest BCUT2D eigenvalue weighted by molar-refractivity contribution is 1.19. The molecule has 0 saturated carbocycles. The number of hydrogen-bond donors (Lipinski definition) is 1. The van der Waals surface area contributed by atoms with Crippen molar-refractivity contribution in [2.24, 2.45) is 0 Å². The van der Waals surface area contributed by atoms with Crippen LogP contribution >= 0.6 is 56.8 Å². The van der Waals surface area contributed by atoms with Crippen LogP contribution in [0.4, 0.5) is 5.69 Å². The number of halogens is 3. The molecule has 83 heavy (non-hydrogen) atoms. The van der Waals surface area contributed by atoms with Gasteiger partial charge in [0.2, 0.25) is 0 Å². The van der Waals surface area contributed by atoms with E-state index >= 15 is 0 Å². The summed E-state index contributed by atoms with van der Waals surface area (Å²) in [6.07, 6.45) is 0.916. The van der Waals surface area contributed by atoms with Crippen LogP contribution < -0.4 is 5.73 Å². The van der Waals surface area contributed by atoms with Gasteiger partial charge in [-0.15, -0.1) is 0 Å². The van der Waals surface area contributed by atoms with Crippen LogP contribution in [0.2, 0.25) is 5.02 Å². The molecule has 0 aliphatic heterocycles. The molecule has 14 rings (SSSR count). The maximum Gasteiger partial charge on any atom is 0.0406 e. The Morgan fingerprint density at radius 2 is 0.518 bits per heavy atom. The van der Waals surface area contributed by atoms with E-state index in [2.05, 4.69) is 330 Å². The summed E-state index contributed by atoms with van der Waals surface area (Å²) in [6.45, 7) is 0. The SMILES string of the molecule is CI.CI.Clc1ccc(-c2cc3ccccc3cc2-c2ccccc2)cc1.Nc1ccc(-c2cccc3ccccc23)cc1.c1ccc(-c2cc3ccccc3cc2-c2ccc(Cc3ccc(-c4cccc5ccccc45)cc3)cc2)cc1. The summed E-state index contributed by atoms with van der Waals surface area (Å²) < 4.78 is 0. The molecule has 0 spiro atoms. The van der Waals surface area contributed by atoms with Gasteiger partial charge in [-0.25, -0.2) is 0 Å². The first-order valence-corrected chi connectivity index (χ1v) is 32.3. The summed E-state index contributed by atoms with van der Waals surface area (Å²) in [4.78, 5) is 3.94. The molecule has 14 aromatic carbocycles. The molecule has 0 saturated heterocycles. The summed E-state index contributed by atoms with van der Waals surface area (Å²) >= 11 is 10.4. The van der Waals surface area contributed by atoms with Crippen LogP contribution in [-0.2, 0) is 6.42 Å². The average molecular weight is 1310 g/mol. The fraction of sp³-hybridized carbons (Fsp3) is 0.0380. The second-order valence-corrected chi connectivity index (χ2v) is 20.4. The number of nitrogen functional groups attached to an aromatic ring is 1. The molecule has 14 aromatic rings. The molecule has 0 amide bonds. The Morgan fingerprint density at radius 1 is 0.253 bits per heavy atom. The van der Waals surface area contributed by atoms with Crippen LogP contribution in [0.1, 0.15) is 11.1 Å². The van der Waals surface area contributed by atoms with E-state index < -0.39 is 0 Å². The van der Waals surface area contributed by atoms with Crippen molar-refractivity contribution in [3.05, 3.63) is 332 Å². The summed E-state index contributed by atoms with van der Waals surface area (Å²) in [5.74, 6) is 0. The second-order valence-electron chi connectivity index (χ2n) is 20.0. The molecule has 0 radical (unpaired) electrons. The fourth-order valence-corrected chi connectivity index (χ4v) is 10.9. The first-order chi connectivity index (χ1) is 41.0. The quantitative estimate of drug-likeness (QED) is 0.0916. The smallest absolute Gasteiger partial charge is 0.0406 e. The highest BCUT2D eigenvalue weighted by atomic mass is 127. The van der Waals surface area contributed by atoms with Crippen LogP contribution in [-0.4, -0.2) is 9.86 Å². The van der Waals surface area contributed by atoms with Gasteiger partial charge >= 0.3 is 0 Å². The molecule has 0 heterocycles. The van der Waals surface area contributed by atoms with Crippen molar-refractivity contribution in [1.82, 2.24) is 0 Å². The highest BCUT2D eigenvalue weighted by Gasteiger charge is 2.13. The molecule has 2 N–H and O–H groups in total. The molecule has 0 fully saturated rings. The first kappa shape index (κ1) is 57.9. The average Bonchev–Trinajstić information content (AvgIpc) is 3.58. The minimum Gasteiger partial charge on any atom is -0.399 e. The Morgan fingerprint density at radius 3 is 0.880 bits per heavy atom. The van der Waals surface area contributed by atoms with Gasteiger partial charge in [0.25, 0.3) is 0 Å². The molecule has 0 bridgehead atoms. The van der Waals surface area contributed by atoms with Gasteiger partial charge in [0.05, 0.1) is 0 Å². The zero-order chi connectivity index (χ0) is 57.3. The third-order valence-electron chi connectivity index (χ3n) is 14.8. The minimum atomic E-state index is 0.760. The van der Waals surface area contributed by atoms with E-state index in [4.69, 9.17) is 17.3 Å². The molecule has 0 unspecified atom stereocenters. The molecular formula is C79H62ClI2N. The van der Waals surface area contributed by atoms with Gasteiger partial charge in [-0.1, -0.05) is 324 Å². The number of nitrogens with two attached hydrogens (primary N) is 1. The molecule has 0 atom stereocenters. The van der Waals surface area contributed by atoms with Gasteiger partial charge in [-0.3, -0.25) is 0 Å². The van der Waals surface area contributed by atoms with Crippen molar-refractivity contribution < 1.29 is 0 Å². The Hall–Kier alpha value is -8.33. The third kappa shape index (κ3) is 14.1. The normalized spacial score (nSPS) is 10.6. The van der Waals surface area contributed by atoms with E-state index in [1.807, 2.05) is 40.2 Å². The van der Waals surface area contributed by atoms with E-state index in [-0.39, 0.29) is 0 Å². The molecule has 0 aliphatic rings. The molecule has 0 aliphatic carbocycles. The molecule has 4 heteroatoms. The van der Waals surface area contributed by atoms with Crippen LogP contribution in [0.25, 0.3) is 110 Å². The second kappa shape index (κ2) is 28.6. The van der Waals surface area contributed by atoms with Crippen LogP contribution in [0.5, 0.6) is 0 Å². The van der Waals surface area contributed by atoms with E-state index in [0.29, 0.717) is 0 Å². The lowest BCUT2D eigenvalue weighted by atomic mass is 9.90. The van der Waals surface area contributed by atoms with E-state index in [0.717, 1.165) is 17.1 Å². The number of fused-ring (bicyclic) bond motifs is 4. The fourth-order valence-electron chi connectivity index (χ4n) is 10.8. The largest absolute Gasteiger partial charge is 0.399 e. The number of alkyl halides is 2. The summed E-state index contributed by atoms with van der Waals surface area (Å²) in [5.41, 5.74) is 24.1. The molecular weight excluding hydrogens is 1250 g/mol. The van der Waals surface area contributed by atoms with Crippen LogP contribution in [0.3, 0.4) is 0 Å². The monoisotopic (exact) mass is 1310 g/mol. The van der Waals surface area contributed by atoms with Gasteiger partial charge in [0.1, 0.15) is 0 Å².